The van der Waals surface area contributed by atoms with Crippen LogP contribution in [0.4, 0.5) is 0 Å². The fourth-order valence-corrected chi connectivity index (χ4v) is 2.84. The van der Waals surface area contributed by atoms with Crippen LogP contribution >= 0.6 is 12.4 Å². The van der Waals surface area contributed by atoms with Crippen LogP contribution < -0.4 is 5.32 Å². The largest absolute Gasteiger partial charge is 0.311 e. The molecule has 23 heavy (non-hydrogen) atoms. The van der Waals surface area contributed by atoms with Gasteiger partial charge >= 0.3 is 0 Å². The van der Waals surface area contributed by atoms with Crippen molar-refractivity contribution >= 4 is 12.4 Å². The molecule has 7 heteroatoms. The van der Waals surface area contributed by atoms with E-state index in [1.54, 1.807) is 6.20 Å². The number of halogens is 1. The van der Waals surface area contributed by atoms with E-state index in [9.17, 15) is 0 Å². The van der Waals surface area contributed by atoms with E-state index < -0.39 is 0 Å². The summed E-state index contributed by atoms with van der Waals surface area (Å²) >= 11 is 0. The maximum atomic E-state index is 4.73. The van der Waals surface area contributed by atoms with Crippen LogP contribution in [0.3, 0.4) is 0 Å². The molecule has 0 aliphatic carbocycles. The molecule has 0 unspecified atom stereocenters. The van der Waals surface area contributed by atoms with Gasteiger partial charge in [-0.05, 0) is 37.6 Å². The smallest absolute Gasteiger partial charge is 0.165 e. The molecular formula is C16H19ClN6. The Kier molecular flexibility index (Phi) is 4.45. The van der Waals surface area contributed by atoms with Gasteiger partial charge in [-0.1, -0.05) is 0 Å². The Labute approximate surface area is 141 Å². The number of nitrogens with zero attached hydrogens (tertiary/aromatic N) is 5. The summed E-state index contributed by atoms with van der Waals surface area (Å²) in [4.78, 5) is 8.77. The number of rotatable bonds is 2. The fraction of sp³-hybridized carbons (Fsp3) is 0.312. The lowest BCUT2D eigenvalue weighted by Gasteiger charge is -2.06. The van der Waals surface area contributed by atoms with Crippen molar-refractivity contribution in [2.45, 2.75) is 26.4 Å². The predicted molar refractivity (Wildman–Crippen MR) is 90.9 cm³/mol. The van der Waals surface area contributed by atoms with Gasteiger partial charge in [0.2, 0.25) is 0 Å². The maximum absolute atomic E-state index is 4.73. The van der Waals surface area contributed by atoms with Gasteiger partial charge < -0.3 is 5.32 Å². The molecule has 0 atom stereocenters. The lowest BCUT2D eigenvalue weighted by atomic mass is 10.3. The normalized spacial score (nSPS) is 14.0. The van der Waals surface area contributed by atoms with Crippen LogP contribution in [0.5, 0.6) is 0 Å². The van der Waals surface area contributed by atoms with Gasteiger partial charge in [0.1, 0.15) is 5.69 Å². The first-order valence-electron chi connectivity index (χ1n) is 7.54. The molecule has 0 saturated heterocycles. The molecular weight excluding hydrogens is 312 g/mol. The minimum atomic E-state index is 0. The van der Waals surface area contributed by atoms with Crippen LogP contribution in [0, 0.1) is 6.92 Å². The first-order valence-corrected chi connectivity index (χ1v) is 7.54. The minimum Gasteiger partial charge on any atom is -0.311 e. The Hall–Kier alpha value is -2.18. The highest BCUT2D eigenvalue weighted by Gasteiger charge is 2.16. The fourth-order valence-electron chi connectivity index (χ4n) is 2.84. The van der Waals surface area contributed by atoms with E-state index in [0.717, 1.165) is 48.8 Å². The molecule has 1 aliphatic heterocycles. The highest BCUT2D eigenvalue weighted by Crippen LogP contribution is 2.22. The van der Waals surface area contributed by atoms with E-state index in [1.165, 1.54) is 5.69 Å². The molecule has 0 aromatic carbocycles. The van der Waals surface area contributed by atoms with E-state index in [0.29, 0.717) is 0 Å². The topological polar surface area (TPSA) is 60.6 Å². The SMILES string of the molecule is Cc1cncc(-n2ccnc2-c2cc3n(n2)CCCNC3)c1.Cl. The van der Waals surface area contributed by atoms with Crippen molar-refractivity contribution in [3.8, 4) is 17.2 Å². The number of aromatic nitrogens is 5. The summed E-state index contributed by atoms with van der Waals surface area (Å²) in [5, 5.41) is 8.15. The van der Waals surface area contributed by atoms with Gasteiger partial charge in [-0.3, -0.25) is 14.2 Å². The van der Waals surface area contributed by atoms with Gasteiger partial charge in [-0.15, -0.1) is 12.4 Å². The first-order chi connectivity index (χ1) is 10.8. The van der Waals surface area contributed by atoms with Crippen LogP contribution in [0.1, 0.15) is 17.7 Å². The van der Waals surface area contributed by atoms with Crippen molar-refractivity contribution in [2.75, 3.05) is 6.54 Å². The van der Waals surface area contributed by atoms with E-state index in [4.69, 9.17) is 5.10 Å². The molecule has 0 saturated carbocycles. The molecule has 4 heterocycles. The van der Waals surface area contributed by atoms with Crippen LogP contribution in [-0.4, -0.2) is 30.9 Å². The third kappa shape index (κ3) is 3.00. The molecule has 1 N–H and O–H groups in total. The Morgan fingerprint density at radius 2 is 2.13 bits per heavy atom. The van der Waals surface area contributed by atoms with Gasteiger partial charge in [0.05, 0.1) is 17.6 Å². The van der Waals surface area contributed by atoms with Gasteiger partial charge in [0.15, 0.2) is 5.82 Å². The third-order valence-corrected chi connectivity index (χ3v) is 3.90. The van der Waals surface area contributed by atoms with Crippen molar-refractivity contribution in [3.05, 3.63) is 48.2 Å². The van der Waals surface area contributed by atoms with E-state index >= 15 is 0 Å². The summed E-state index contributed by atoms with van der Waals surface area (Å²) in [7, 11) is 0. The van der Waals surface area contributed by atoms with E-state index in [1.807, 2.05) is 30.1 Å². The zero-order valence-corrected chi connectivity index (χ0v) is 13.8. The molecule has 3 aromatic heterocycles. The van der Waals surface area contributed by atoms with Crippen LogP contribution in [0.15, 0.2) is 36.9 Å². The third-order valence-electron chi connectivity index (χ3n) is 3.90. The summed E-state index contributed by atoms with van der Waals surface area (Å²) in [6.45, 7) is 4.90. The highest BCUT2D eigenvalue weighted by atomic mass is 35.5. The maximum Gasteiger partial charge on any atom is 0.165 e. The second-order valence-electron chi connectivity index (χ2n) is 5.62. The van der Waals surface area contributed by atoms with Crippen LogP contribution in [-0.2, 0) is 13.1 Å². The summed E-state index contributed by atoms with van der Waals surface area (Å²) in [5.41, 5.74) is 4.26. The molecule has 0 radical (unpaired) electrons. The summed E-state index contributed by atoms with van der Waals surface area (Å²) in [6.07, 6.45) is 8.56. The number of imidazole rings is 1. The molecule has 0 amide bonds. The lowest BCUT2D eigenvalue weighted by Crippen LogP contribution is -2.11. The van der Waals surface area contributed by atoms with Gasteiger partial charge in [0.25, 0.3) is 0 Å². The van der Waals surface area contributed by atoms with E-state index in [2.05, 4.69) is 32.1 Å². The molecule has 4 rings (SSSR count). The average Bonchev–Trinajstić information content (AvgIpc) is 3.10. The number of fused-ring (bicyclic) bond motifs is 1. The van der Waals surface area contributed by atoms with Gasteiger partial charge in [-0.2, -0.15) is 5.10 Å². The molecule has 0 fully saturated rings. The number of hydrogen-bond acceptors (Lipinski definition) is 4. The lowest BCUT2D eigenvalue weighted by molar-refractivity contribution is 0.588. The number of pyridine rings is 1. The first kappa shape index (κ1) is 15.7. The monoisotopic (exact) mass is 330 g/mol. The van der Waals surface area contributed by atoms with Gasteiger partial charge in [-0.25, -0.2) is 4.98 Å². The second-order valence-corrected chi connectivity index (χ2v) is 5.62. The van der Waals surface area contributed by atoms with Crippen molar-refractivity contribution in [1.29, 1.82) is 0 Å². The number of nitrogens with one attached hydrogen (secondary N) is 1. The Morgan fingerprint density at radius 3 is 3.00 bits per heavy atom. The van der Waals surface area contributed by atoms with E-state index in [-0.39, 0.29) is 12.4 Å². The average molecular weight is 331 g/mol. The van der Waals surface area contributed by atoms with Crippen molar-refractivity contribution in [2.24, 2.45) is 0 Å². The molecule has 3 aromatic rings. The predicted octanol–water partition coefficient (Wildman–Crippen LogP) is 2.35. The Balaban J connectivity index is 0.00000156. The quantitative estimate of drug-likeness (QED) is 0.783. The van der Waals surface area contributed by atoms with Gasteiger partial charge in [0, 0.05) is 31.7 Å². The summed E-state index contributed by atoms with van der Waals surface area (Å²) in [6, 6.07) is 4.22. The number of aryl methyl sites for hydroxylation is 2. The second kappa shape index (κ2) is 6.52. The van der Waals surface area contributed by atoms with Crippen LogP contribution in [0.2, 0.25) is 0 Å². The Bertz CT molecular complexity index is 783. The zero-order valence-electron chi connectivity index (χ0n) is 12.9. The Morgan fingerprint density at radius 1 is 1.22 bits per heavy atom. The summed E-state index contributed by atoms with van der Waals surface area (Å²) < 4.78 is 4.12. The zero-order chi connectivity index (χ0) is 14.9. The molecule has 0 bridgehead atoms. The molecule has 120 valence electrons. The minimum absolute atomic E-state index is 0. The molecule has 6 nitrogen and oxygen atoms in total. The van der Waals surface area contributed by atoms with Crippen LogP contribution in [0.25, 0.3) is 17.2 Å². The van der Waals surface area contributed by atoms with Crippen molar-refractivity contribution in [3.63, 3.8) is 0 Å². The van der Waals surface area contributed by atoms with Crippen molar-refractivity contribution < 1.29 is 0 Å². The number of hydrogen-bond donors (Lipinski definition) is 1. The van der Waals surface area contributed by atoms with Crippen molar-refractivity contribution in [1.82, 2.24) is 29.6 Å². The summed E-state index contributed by atoms with van der Waals surface area (Å²) in [5.74, 6) is 0.855. The molecule has 1 aliphatic rings. The molecule has 0 spiro atoms. The highest BCUT2D eigenvalue weighted by molar-refractivity contribution is 5.85. The standard InChI is InChI=1S/C16H18N6.ClH/c1-12-7-13(10-18-9-12)21-6-4-19-16(21)15-8-14-11-17-3-2-5-22(14)20-15;/h4,6-10,17H,2-3,5,11H2,1H3;1H.